The van der Waals surface area contributed by atoms with E-state index in [1.54, 1.807) is 33.2 Å². The number of carboxylic acid groups (broad SMARTS) is 1. The van der Waals surface area contributed by atoms with E-state index in [9.17, 15) is 36.0 Å². The molecule has 18 nitrogen and oxygen atoms in total. The number of fused-ring (bicyclic) bond motifs is 2. The van der Waals surface area contributed by atoms with Crippen LogP contribution in [0.1, 0.15) is 152 Å². The maximum Gasteiger partial charge on any atom is 0.307 e. The van der Waals surface area contributed by atoms with Gasteiger partial charge in [-0.05, 0) is 156 Å². The van der Waals surface area contributed by atoms with Crippen molar-refractivity contribution in [3.63, 3.8) is 0 Å². The number of nitrogens with zero attached hydrogens (tertiary/aromatic N) is 2. The summed E-state index contributed by atoms with van der Waals surface area (Å²) in [5.41, 5.74) is 6.47. The van der Waals surface area contributed by atoms with Gasteiger partial charge in [0.1, 0.15) is 53.9 Å². The minimum absolute atomic E-state index is 0.0411. The molecule has 2 unspecified atom stereocenters. The monoisotopic (exact) mass is 1200 g/mol. The van der Waals surface area contributed by atoms with Crippen molar-refractivity contribution >= 4 is 76.7 Å². The van der Waals surface area contributed by atoms with E-state index in [1.807, 2.05) is 72.8 Å². The molecule has 6 aromatic rings. The number of nitrogens with one attached hydrogen (secondary N) is 2. The Bertz CT molecular complexity index is 3400. The summed E-state index contributed by atoms with van der Waals surface area (Å²) in [7, 11) is -2.75. The first-order valence-corrected chi connectivity index (χ1v) is 33.5. The molecule has 0 saturated heterocycles. The highest BCUT2D eigenvalue weighted by Gasteiger charge is 2.32. The lowest BCUT2D eigenvalue weighted by molar-refractivity contribution is -0.143. The first-order valence-electron chi connectivity index (χ1n) is 29.4. The van der Waals surface area contributed by atoms with Gasteiger partial charge in [0, 0.05) is 84.1 Å². The fraction of sp³-hybridized carbons (Fsp3) is 0.500. The average molecular weight is 1200 g/mol. The van der Waals surface area contributed by atoms with Gasteiger partial charge in [-0.25, -0.2) is 16.8 Å². The largest absolute Gasteiger partial charge is 0.494 e. The van der Waals surface area contributed by atoms with E-state index in [1.165, 1.54) is 60.8 Å². The molecule has 2 saturated carbocycles. The molecule has 0 radical (unpaired) electrons. The lowest BCUT2D eigenvalue weighted by Crippen LogP contribution is -2.29. The molecule has 2 aliphatic rings. The highest BCUT2D eigenvalue weighted by molar-refractivity contribution is 7.90. The second-order valence-corrected chi connectivity index (χ2v) is 27.0. The number of rotatable bonds is 27. The van der Waals surface area contributed by atoms with Crippen molar-refractivity contribution in [3.8, 4) is 11.5 Å². The third-order valence-corrected chi connectivity index (χ3v) is 17.8. The minimum atomic E-state index is -3.02. The van der Waals surface area contributed by atoms with Crippen LogP contribution in [0.15, 0.2) is 93.8 Å². The molecule has 8 rings (SSSR count). The molecule has 0 aliphatic heterocycles. The normalized spacial score (nSPS) is 14.9. The van der Waals surface area contributed by atoms with Crippen LogP contribution < -0.4 is 20.1 Å². The van der Waals surface area contributed by atoms with Crippen LogP contribution in [-0.2, 0) is 34.0 Å². The number of amides is 2. The number of sulfone groups is 2. The van der Waals surface area contributed by atoms with Crippen molar-refractivity contribution in [3.05, 3.63) is 119 Å². The molecule has 4 aromatic carbocycles. The Kier molecular flexibility index (Phi) is 23.1. The summed E-state index contributed by atoms with van der Waals surface area (Å²) in [6.45, 7) is 7.30. The van der Waals surface area contributed by atoms with Crippen molar-refractivity contribution < 1.29 is 64.2 Å². The molecule has 84 heavy (non-hydrogen) atoms. The molecule has 2 amide bonds. The van der Waals surface area contributed by atoms with E-state index in [2.05, 4.69) is 24.5 Å². The zero-order valence-corrected chi connectivity index (χ0v) is 51.3. The minimum Gasteiger partial charge on any atom is -0.494 e. The van der Waals surface area contributed by atoms with Gasteiger partial charge in [-0.1, -0.05) is 38.5 Å². The number of aliphatic carboxylic acids is 1. The van der Waals surface area contributed by atoms with E-state index in [-0.39, 0.29) is 60.8 Å². The van der Waals surface area contributed by atoms with Crippen LogP contribution >= 0.6 is 0 Å². The molecule has 2 atom stereocenters. The molecule has 3 N–H and O–H groups in total. The number of ether oxygens (including phenoxy) is 3. The molecule has 0 bridgehead atoms. The van der Waals surface area contributed by atoms with E-state index in [0.29, 0.717) is 73.7 Å². The van der Waals surface area contributed by atoms with Gasteiger partial charge in [-0.2, -0.15) is 0 Å². The number of aryl methyl sites for hydroxylation is 2. The lowest BCUT2D eigenvalue weighted by Gasteiger charge is -2.31. The van der Waals surface area contributed by atoms with Crippen molar-refractivity contribution in [2.75, 3.05) is 81.7 Å². The van der Waals surface area contributed by atoms with Crippen LogP contribution in [0.5, 0.6) is 11.5 Å². The van der Waals surface area contributed by atoms with Crippen molar-refractivity contribution in [1.29, 1.82) is 0 Å². The number of carbonyl (C=O) groups is 4. The quantitative estimate of drug-likeness (QED) is 0.0321. The van der Waals surface area contributed by atoms with Gasteiger partial charge in [0.15, 0.2) is 0 Å². The summed E-state index contributed by atoms with van der Waals surface area (Å²) in [5, 5.41) is 18.3. The third-order valence-electron chi connectivity index (χ3n) is 15.8. The molecule has 2 aromatic heterocycles. The molecule has 2 fully saturated rings. The number of benzene rings is 4. The predicted molar refractivity (Wildman–Crippen MR) is 328 cm³/mol. The summed E-state index contributed by atoms with van der Waals surface area (Å²) in [5.74, 6) is 2.50. The van der Waals surface area contributed by atoms with Crippen LogP contribution in [0.4, 0.5) is 11.4 Å². The Morgan fingerprint density at radius 3 is 1.36 bits per heavy atom. The molecule has 456 valence electrons. The second-order valence-electron chi connectivity index (χ2n) is 22.5. The summed E-state index contributed by atoms with van der Waals surface area (Å²) in [4.78, 5) is 51.1. The average Bonchev–Trinajstić information content (AvgIpc) is 4.04. The predicted octanol–water partition coefficient (Wildman–Crippen LogP) is 12.1. The first-order chi connectivity index (χ1) is 40.1. The van der Waals surface area contributed by atoms with Crippen LogP contribution in [0, 0.1) is 25.7 Å². The molecular weight excluding hydrogens is 1110 g/mol. The lowest BCUT2D eigenvalue weighted by atomic mass is 9.82. The van der Waals surface area contributed by atoms with Crippen molar-refractivity contribution in [2.24, 2.45) is 11.8 Å². The number of furan rings is 2. The Morgan fingerprint density at radius 2 is 0.988 bits per heavy atom. The number of esters is 1. The molecule has 20 heteroatoms. The van der Waals surface area contributed by atoms with Gasteiger partial charge in [-0.15, -0.1) is 0 Å². The summed E-state index contributed by atoms with van der Waals surface area (Å²) in [6, 6.07) is 26.1. The maximum atomic E-state index is 12.9. The Morgan fingerprint density at radius 1 is 0.595 bits per heavy atom. The Labute approximate surface area is 494 Å². The maximum absolute atomic E-state index is 12.9. The van der Waals surface area contributed by atoms with Crippen LogP contribution in [0.3, 0.4) is 0 Å². The van der Waals surface area contributed by atoms with Gasteiger partial charge in [0.2, 0.25) is 0 Å². The highest BCUT2D eigenvalue weighted by atomic mass is 32.2. The van der Waals surface area contributed by atoms with Gasteiger partial charge in [0.25, 0.3) is 11.8 Å². The van der Waals surface area contributed by atoms with E-state index in [0.717, 1.165) is 81.6 Å². The van der Waals surface area contributed by atoms with Gasteiger partial charge < -0.3 is 48.6 Å². The van der Waals surface area contributed by atoms with Crippen molar-refractivity contribution in [2.45, 2.75) is 123 Å². The summed E-state index contributed by atoms with van der Waals surface area (Å²) >= 11 is 0. The van der Waals surface area contributed by atoms with Crippen LogP contribution in [0.25, 0.3) is 21.9 Å². The third kappa shape index (κ3) is 18.7. The molecule has 2 aliphatic carbocycles. The van der Waals surface area contributed by atoms with Crippen LogP contribution in [0.2, 0.25) is 0 Å². The number of carbonyl (C=O) groups excluding carboxylic acids is 3. The van der Waals surface area contributed by atoms with Crippen LogP contribution in [-0.4, -0.2) is 127 Å². The SMILES string of the molecule is CCOC(=O)CCN(C)C(=O)c1ccc(NC(c2oc3ccc(OCCCS(C)(=O)=O)cc3c2C)C2CCCCC2)cc1.Cc1c(C(Nc2ccc(C(=O)N(C)CCC(=O)O)cc2)C2CCCCC2)oc2ccc(OCCCS(C)(=O)=O)cc12. The Hall–Kier alpha value is -7.06. The zero-order valence-electron chi connectivity index (χ0n) is 49.7. The zero-order chi connectivity index (χ0) is 60.6. The smallest absolute Gasteiger partial charge is 0.307 e. The topological polar surface area (TPSA) is 241 Å². The van der Waals surface area contributed by atoms with Gasteiger partial charge >= 0.3 is 11.9 Å². The second kappa shape index (κ2) is 30.1. The fourth-order valence-electron chi connectivity index (χ4n) is 11.1. The van der Waals surface area contributed by atoms with E-state index >= 15 is 0 Å². The first kappa shape index (κ1) is 64.5. The number of carboxylic acids is 1. The molecule has 0 spiro atoms. The van der Waals surface area contributed by atoms with Gasteiger partial charge in [-0.3, -0.25) is 19.2 Å². The van der Waals surface area contributed by atoms with Gasteiger partial charge in [0.05, 0.1) is 56.3 Å². The summed E-state index contributed by atoms with van der Waals surface area (Å²) in [6.07, 6.45) is 14.9. The van der Waals surface area contributed by atoms with Crippen molar-refractivity contribution in [1.82, 2.24) is 9.80 Å². The highest BCUT2D eigenvalue weighted by Crippen LogP contribution is 2.43. The number of anilines is 2. The summed E-state index contributed by atoms with van der Waals surface area (Å²) < 4.78 is 75.2. The van der Waals surface area contributed by atoms with E-state index < -0.39 is 25.6 Å². The molecule has 2 heterocycles. The standard InChI is InChI=1S/C33H44N2O7S.C31H40N2O7S/c1-5-40-30(36)18-19-35(3)33(37)25-12-14-26(15-13-25)34-31(24-10-7-6-8-11-24)32-23(2)28-22-27(16-17-29(28)42-32)41-20-9-21-43(4,38)39;1-21-26-20-25(39-18-7-19-41(3,37)38)14-15-27(26)40-30(21)29(22-8-5-4-6-9-22)32-24-12-10-23(11-13-24)31(36)33(2)17-16-28(34)35/h12-17,22,24,31,34H,5-11,18-21H2,1-4H3;10-15,20,22,29,32H,4-9,16-19H2,1-3H3,(H,34,35). The number of hydrogen-bond acceptors (Lipinski definition) is 15. The number of hydrogen-bond donors (Lipinski definition) is 3. The fourth-order valence-corrected chi connectivity index (χ4v) is 12.4. The van der Waals surface area contributed by atoms with E-state index in [4.69, 9.17) is 28.2 Å². The Balaban J connectivity index is 0.000000241. The molecular formula is C64H84N4O14S2.